The molecule has 7 aromatic rings. The predicted octanol–water partition coefficient (Wildman–Crippen LogP) is 13.4. The molecule has 0 unspecified atom stereocenters. The molecule has 0 aliphatic carbocycles. The van der Waals surface area contributed by atoms with Crippen molar-refractivity contribution in [1.29, 1.82) is 0 Å². The van der Waals surface area contributed by atoms with Crippen LogP contribution in [-0.2, 0) is 9.05 Å². The van der Waals surface area contributed by atoms with Crippen molar-refractivity contribution in [1.82, 2.24) is 19.9 Å². The van der Waals surface area contributed by atoms with E-state index in [4.69, 9.17) is 28.9 Å². The van der Waals surface area contributed by atoms with Gasteiger partial charge in [-0.2, -0.15) is 0 Å². The van der Waals surface area contributed by atoms with Crippen LogP contribution < -0.4 is 18.9 Å². The van der Waals surface area contributed by atoms with Crippen molar-refractivity contribution in [2.24, 2.45) is 0 Å². The molecule has 330 valence electrons. The minimum atomic E-state index is 0. The zero-order valence-corrected chi connectivity index (χ0v) is 39.4. The number of hydrogen-bond acceptors (Lipinski definition) is 8. The molecule has 8 bridgehead atoms. The number of methoxy groups -OCH3 is 4. The quantitative estimate of drug-likeness (QED) is 0.130. The molecule has 4 aromatic carbocycles. The molecule has 0 saturated heterocycles. The van der Waals surface area contributed by atoms with Crippen molar-refractivity contribution in [3.8, 4) is 67.5 Å². The summed E-state index contributed by atoms with van der Waals surface area (Å²) in [5.41, 5.74) is 14.8. The Kier molecular flexibility index (Phi) is 17.2. The fraction of sp³-hybridized carbons (Fsp3) is 0.120. The third-order valence-electron chi connectivity index (χ3n) is 10.4. The topological polar surface area (TPSA) is 113 Å². The van der Waals surface area contributed by atoms with Gasteiger partial charge in [-0.15, -0.1) is 37.2 Å². The van der Waals surface area contributed by atoms with E-state index in [1.807, 2.05) is 48.5 Å². The van der Waals surface area contributed by atoms with E-state index >= 15 is 0 Å². The second-order valence-electron chi connectivity index (χ2n) is 13.9. The third kappa shape index (κ3) is 10.3. The molecule has 2 N–H and O–H groups in total. The van der Waals surface area contributed by atoms with Crippen molar-refractivity contribution in [3.05, 3.63) is 144 Å². The molecule has 64 heavy (non-hydrogen) atoms. The minimum Gasteiger partial charge on any atom is -0.497 e. The van der Waals surface area contributed by atoms with Crippen LogP contribution in [0.5, 0.6) is 23.0 Å². The number of aromatic amines is 2. The van der Waals surface area contributed by atoms with E-state index in [0.29, 0.717) is 0 Å². The van der Waals surface area contributed by atoms with Crippen LogP contribution in [0.2, 0.25) is 0 Å². The number of halogens is 3. The molecule has 14 heteroatoms. The van der Waals surface area contributed by atoms with Crippen molar-refractivity contribution in [3.63, 3.8) is 0 Å². The average Bonchev–Trinajstić information content (AvgIpc) is 4.16. The zero-order valence-electron chi connectivity index (χ0n) is 35.9. The Balaban J connectivity index is 0.000000914. The summed E-state index contributed by atoms with van der Waals surface area (Å²) in [4.78, 5) is 18.4. The second-order valence-corrected chi connectivity index (χ2v) is 14.9. The molecular weight excluding hydrogens is 890 g/mol. The Bertz CT molecular complexity index is 2520. The molecule has 0 amide bonds. The summed E-state index contributed by atoms with van der Waals surface area (Å²) in [5, 5.41) is 0. The molecule has 0 radical (unpaired) electrons. The maximum atomic E-state index is 5.53. The van der Waals surface area contributed by atoms with E-state index in [1.165, 1.54) is 0 Å². The normalized spacial score (nSPS) is 11.0. The van der Waals surface area contributed by atoms with E-state index in [0.717, 1.165) is 112 Å². The lowest BCUT2D eigenvalue weighted by molar-refractivity contribution is 0.362. The van der Waals surface area contributed by atoms with Gasteiger partial charge in [-0.05, 0) is 119 Å². The van der Waals surface area contributed by atoms with Crippen LogP contribution in [0.15, 0.2) is 121 Å². The van der Waals surface area contributed by atoms with E-state index in [-0.39, 0.29) is 46.3 Å². The van der Waals surface area contributed by atoms with Crippen molar-refractivity contribution in [2.45, 2.75) is 0 Å². The van der Waals surface area contributed by atoms with Gasteiger partial charge in [0.05, 0.1) is 51.2 Å². The highest BCUT2D eigenvalue weighted by Gasteiger charge is 2.19. The maximum absolute atomic E-state index is 5.53. The highest BCUT2D eigenvalue weighted by Crippen LogP contribution is 2.39. The van der Waals surface area contributed by atoms with Gasteiger partial charge in [0.1, 0.15) is 23.0 Å². The van der Waals surface area contributed by atoms with Crippen LogP contribution in [0.3, 0.4) is 0 Å². The summed E-state index contributed by atoms with van der Waals surface area (Å²) in [6.45, 7) is 0. The van der Waals surface area contributed by atoms with E-state index in [1.54, 1.807) is 42.7 Å². The lowest BCUT2D eigenvalue weighted by Gasteiger charge is -2.08. The van der Waals surface area contributed by atoms with Crippen LogP contribution in [0, 0.1) is 0 Å². The van der Waals surface area contributed by atoms with Gasteiger partial charge in [0.15, 0.2) is 9.03 Å². The fourth-order valence-electron chi connectivity index (χ4n) is 7.53. The van der Waals surface area contributed by atoms with Crippen LogP contribution in [-0.4, -0.2) is 62.6 Å². The molecule has 0 saturated carbocycles. The van der Waals surface area contributed by atoms with E-state index < -0.39 is 0 Å². The number of H-pyrrole nitrogens is 2. The Labute approximate surface area is 392 Å². The minimum absolute atomic E-state index is 0. The Morgan fingerprint density at radius 1 is 0.328 bits per heavy atom. The molecule has 2 aliphatic rings. The standard InChI is InChI=1S/C48H38N4O4.C2H7O2P.3ClH/c1-53-33-13-5-29(6-14-33)45-37-21-23-39(49-37)46(30-7-15-34(54-2)16-8-30)41-25-27-43(51-41)48(32-11-19-36(56-4)20-12-32)44-28-26-42(52-44)47(40-24-22-38(45)50-40)31-9-17-35(55-3)18-10-31;1-3-5-4-2;;;/h5-28,49,52H,1-4H3;5H,1-2H3;3*1H. The molecule has 3 aromatic heterocycles. The largest absolute Gasteiger partial charge is 0.497 e. The highest BCUT2D eigenvalue weighted by atomic mass is 35.5. The zero-order chi connectivity index (χ0) is 42.3. The number of aromatic nitrogens is 4. The molecule has 2 aliphatic heterocycles. The molecule has 9 rings (SSSR count). The summed E-state index contributed by atoms with van der Waals surface area (Å²) >= 11 is 0. The number of hydrogen-bond donors (Lipinski definition) is 2. The van der Waals surface area contributed by atoms with Crippen molar-refractivity contribution in [2.75, 3.05) is 42.7 Å². The smallest absolute Gasteiger partial charge is 0.154 e. The molecule has 0 fully saturated rings. The number of nitrogens with zero attached hydrogens (tertiary/aromatic N) is 2. The van der Waals surface area contributed by atoms with Gasteiger partial charge < -0.3 is 38.0 Å². The van der Waals surface area contributed by atoms with Crippen molar-refractivity contribution >= 4 is 92.6 Å². The van der Waals surface area contributed by atoms with Gasteiger partial charge in [-0.25, -0.2) is 9.97 Å². The summed E-state index contributed by atoms with van der Waals surface area (Å²) in [5.74, 6) is 3.12. The number of benzene rings is 4. The van der Waals surface area contributed by atoms with Crippen LogP contribution in [0.25, 0.3) is 90.9 Å². The highest BCUT2D eigenvalue weighted by molar-refractivity contribution is 7.26. The SMILES string of the molecule is COPOC.COc1ccc(-c2c3nc(c(-c4ccc(OC)cc4)c4ccc([nH]4)c(-c4ccc(OC)cc4)c4nc(c(-c5ccc(OC)cc5)c5ccc2[nH]5)C=C4)C=C3)cc1.Cl.Cl.Cl. The first-order chi connectivity index (χ1) is 29.9. The third-order valence-corrected chi connectivity index (χ3v) is 10.8. The van der Waals surface area contributed by atoms with Gasteiger partial charge in [0.2, 0.25) is 0 Å². The van der Waals surface area contributed by atoms with Gasteiger partial charge >= 0.3 is 0 Å². The first-order valence-electron chi connectivity index (χ1n) is 19.5. The van der Waals surface area contributed by atoms with Gasteiger partial charge in [0, 0.05) is 58.5 Å². The van der Waals surface area contributed by atoms with E-state index in [9.17, 15) is 0 Å². The number of fused-ring (bicyclic) bond motifs is 8. The van der Waals surface area contributed by atoms with Gasteiger partial charge in [0.25, 0.3) is 0 Å². The summed E-state index contributed by atoms with van der Waals surface area (Å²) in [6.07, 6.45) is 8.37. The average molecular weight is 938 g/mol. The van der Waals surface area contributed by atoms with Gasteiger partial charge in [-0.3, -0.25) is 0 Å². The lowest BCUT2D eigenvalue weighted by Crippen LogP contribution is -1.90. The predicted molar refractivity (Wildman–Crippen MR) is 271 cm³/mol. The molecule has 5 heterocycles. The Hall–Kier alpha value is -6.10. The van der Waals surface area contributed by atoms with Crippen LogP contribution in [0.1, 0.15) is 22.8 Å². The monoisotopic (exact) mass is 936 g/mol. The molecule has 0 spiro atoms. The van der Waals surface area contributed by atoms with Crippen molar-refractivity contribution < 1.29 is 28.0 Å². The summed E-state index contributed by atoms with van der Waals surface area (Å²) in [6, 6.07) is 40.9. The first kappa shape index (κ1) is 48.9. The lowest BCUT2D eigenvalue weighted by atomic mass is 10.0. The molecular formula is C50H48Cl3N4O6P. The Morgan fingerprint density at radius 3 is 0.719 bits per heavy atom. The Morgan fingerprint density at radius 2 is 0.547 bits per heavy atom. The van der Waals surface area contributed by atoms with Gasteiger partial charge in [-0.1, -0.05) is 48.5 Å². The van der Waals surface area contributed by atoms with Crippen LogP contribution in [0.4, 0.5) is 0 Å². The number of ether oxygens (including phenoxy) is 4. The second kappa shape index (κ2) is 22.5. The van der Waals surface area contributed by atoms with Crippen LogP contribution >= 0.6 is 46.3 Å². The maximum Gasteiger partial charge on any atom is 0.154 e. The first-order valence-corrected chi connectivity index (χ1v) is 20.3. The number of nitrogens with one attached hydrogen (secondary N) is 2. The van der Waals surface area contributed by atoms with E-state index in [2.05, 4.69) is 116 Å². The fourth-order valence-corrected chi connectivity index (χ4v) is 7.70. The summed E-state index contributed by atoms with van der Waals surface area (Å²) in [7, 11) is 10.1. The molecule has 10 nitrogen and oxygen atoms in total. The number of rotatable bonds is 10. The molecule has 0 atom stereocenters. The summed E-state index contributed by atoms with van der Waals surface area (Å²) < 4.78 is 31.1.